The van der Waals surface area contributed by atoms with Crippen molar-refractivity contribution in [2.24, 2.45) is 0 Å². The fourth-order valence-corrected chi connectivity index (χ4v) is 1.19. The van der Waals surface area contributed by atoms with E-state index < -0.39 is 11.2 Å². The molecule has 0 unspecified atom stereocenters. The van der Waals surface area contributed by atoms with Crippen molar-refractivity contribution in [2.45, 2.75) is 33.2 Å². The summed E-state index contributed by atoms with van der Waals surface area (Å²) in [7, 11) is 0. The SMILES string of the molecule is CC#Cc1cn(C(C)(C)C)c(=O)[nH]c1=O. The summed E-state index contributed by atoms with van der Waals surface area (Å²) >= 11 is 0. The lowest BCUT2D eigenvalue weighted by Crippen LogP contribution is -2.39. The first-order valence-corrected chi connectivity index (χ1v) is 4.65. The van der Waals surface area contributed by atoms with E-state index in [-0.39, 0.29) is 5.54 Å². The van der Waals surface area contributed by atoms with Crippen LogP contribution in [0.15, 0.2) is 15.8 Å². The maximum atomic E-state index is 11.5. The lowest BCUT2D eigenvalue weighted by molar-refractivity contribution is 0.376. The molecule has 0 amide bonds. The molecule has 0 atom stereocenters. The van der Waals surface area contributed by atoms with Gasteiger partial charge in [-0.2, -0.15) is 0 Å². The Morgan fingerprint density at radius 1 is 1.33 bits per heavy atom. The van der Waals surface area contributed by atoms with Crippen LogP contribution in [0.4, 0.5) is 0 Å². The highest BCUT2D eigenvalue weighted by atomic mass is 16.2. The molecule has 1 rings (SSSR count). The average Bonchev–Trinajstić information content (AvgIpc) is 2.07. The zero-order valence-corrected chi connectivity index (χ0v) is 9.34. The first kappa shape index (κ1) is 11.3. The summed E-state index contributed by atoms with van der Waals surface area (Å²) in [6.45, 7) is 7.30. The molecule has 0 aliphatic heterocycles. The molecule has 1 heterocycles. The van der Waals surface area contributed by atoms with Gasteiger partial charge in [-0.15, -0.1) is 5.92 Å². The van der Waals surface area contributed by atoms with Crippen LogP contribution in [0.1, 0.15) is 33.3 Å². The zero-order chi connectivity index (χ0) is 11.6. The summed E-state index contributed by atoms with van der Waals surface area (Å²) in [6.07, 6.45) is 1.50. The smallest absolute Gasteiger partial charge is 0.294 e. The molecule has 15 heavy (non-hydrogen) atoms. The van der Waals surface area contributed by atoms with Crippen LogP contribution in [-0.4, -0.2) is 9.55 Å². The number of aromatic amines is 1. The maximum Gasteiger partial charge on any atom is 0.328 e. The van der Waals surface area contributed by atoms with E-state index in [0.29, 0.717) is 5.56 Å². The highest BCUT2D eigenvalue weighted by Crippen LogP contribution is 2.09. The van der Waals surface area contributed by atoms with E-state index in [1.54, 1.807) is 6.92 Å². The summed E-state index contributed by atoms with van der Waals surface area (Å²) in [5.74, 6) is 5.30. The summed E-state index contributed by atoms with van der Waals surface area (Å²) < 4.78 is 1.47. The molecule has 1 aromatic rings. The van der Waals surface area contributed by atoms with Crippen molar-refractivity contribution in [3.63, 3.8) is 0 Å². The first-order valence-electron chi connectivity index (χ1n) is 4.65. The molecule has 1 aromatic heterocycles. The monoisotopic (exact) mass is 206 g/mol. The van der Waals surface area contributed by atoms with Crippen molar-refractivity contribution in [2.75, 3.05) is 0 Å². The molecular weight excluding hydrogens is 192 g/mol. The maximum absolute atomic E-state index is 11.5. The topological polar surface area (TPSA) is 54.9 Å². The van der Waals surface area contributed by atoms with E-state index in [2.05, 4.69) is 16.8 Å². The molecule has 0 radical (unpaired) electrons. The molecule has 0 fully saturated rings. The summed E-state index contributed by atoms with van der Waals surface area (Å²) in [4.78, 5) is 25.1. The van der Waals surface area contributed by atoms with Crippen molar-refractivity contribution in [1.82, 2.24) is 9.55 Å². The fourth-order valence-electron chi connectivity index (χ4n) is 1.19. The zero-order valence-electron chi connectivity index (χ0n) is 9.34. The molecule has 4 nitrogen and oxygen atoms in total. The van der Waals surface area contributed by atoms with Crippen LogP contribution in [0.25, 0.3) is 0 Å². The minimum Gasteiger partial charge on any atom is -0.294 e. The number of aromatic nitrogens is 2. The van der Waals surface area contributed by atoms with E-state index in [0.717, 1.165) is 0 Å². The molecule has 0 aromatic carbocycles. The molecule has 0 saturated heterocycles. The molecule has 4 heteroatoms. The van der Waals surface area contributed by atoms with Crippen LogP contribution in [0.5, 0.6) is 0 Å². The molecule has 0 bridgehead atoms. The van der Waals surface area contributed by atoms with Gasteiger partial charge in [0.25, 0.3) is 5.56 Å². The van der Waals surface area contributed by atoms with E-state index in [1.165, 1.54) is 10.8 Å². The van der Waals surface area contributed by atoms with Crippen molar-refractivity contribution in [3.05, 3.63) is 32.6 Å². The highest BCUT2D eigenvalue weighted by Gasteiger charge is 2.15. The van der Waals surface area contributed by atoms with Gasteiger partial charge in [0.15, 0.2) is 0 Å². The number of rotatable bonds is 0. The van der Waals surface area contributed by atoms with Gasteiger partial charge in [0.05, 0.1) is 0 Å². The number of hydrogen-bond donors (Lipinski definition) is 1. The third-order valence-electron chi connectivity index (χ3n) is 1.92. The van der Waals surface area contributed by atoms with Crippen LogP contribution in [0.2, 0.25) is 0 Å². The minimum absolute atomic E-state index is 0.312. The largest absolute Gasteiger partial charge is 0.328 e. The molecule has 80 valence electrons. The van der Waals surface area contributed by atoms with E-state index in [4.69, 9.17) is 0 Å². The van der Waals surface area contributed by atoms with Crippen LogP contribution < -0.4 is 11.2 Å². The number of hydrogen-bond acceptors (Lipinski definition) is 2. The van der Waals surface area contributed by atoms with Gasteiger partial charge in [-0.1, -0.05) is 5.92 Å². The Hall–Kier alpha value is -1.76. The van der Waals surface area contributed by atoms with Crippen molar-refractivity contribution in [1.29, 1.82) is 0 Å². The van der Waals surface area contributed by atoms with Gasteiger partial charge < -0.3 is 0 Å². The average molecular weight is 206 g/mol. The minimum atomic E-state index is -0.435. The van der Waals surface area contributed by atoms with Crippen molar-refractivity contribution >= 4 is 0 Å². The van der Waals surface area contributed by atoms with Crippen LogP contribution in [0, 0.1) is 11.8 Å². The second-order valence-electron chi connectivity index (χ2n) is 4.22. The second-order valence-corrected chi connectivity index (χ2v) is 4.22. The fraction of sp³-hybridized carbons (Fsp3) is 0.455. The lowest BCUT2D eigenvalue weighted by Gasteiger charge is -2.21. The Labute approximate surface area is 88.0 Å². The van der Waals surface area contributed by atoms with E-state index in [1.807, 2.05) is 20.8 Å². The number of H-pyrrole nitrogens is 1. The normalized spacial score (nSPS) is 10.7. The first-order chi connectivity index (χ1) is 6.86. The van der Waals surface area contributed by atoms with Gasteiger partial charge in [0.2, 0.25) is 0 Å². The van der Waals surface area contributed by atoms with E-state index >= 15 is 0 Å². The second kappa shape index (κ2) is 3.77. The predicted octanol–water partition coefficient (Wildman–Crippen LogP) is 0.663. The van der Waals surface area contributed by atoms with E-state index in [9.17, 15) is 9.59 Å². The van der Waals surface area contributed by atoms with Crippen molar-refractivity contribution in [3.8, 4) is 11.8 Å². The lowest BCUT2D eigenvalue weighted by atomic mass is 10.1. The van der Waals surface area contributed by atoms with Gasteiger partial charge >= 0.3 is 5.69 Å². The van der Waals surface area contributed by atoms with Gasteiger partial charge in [0, 0.05) is 11.7 Å². The third kappa shape index (κ3) is 2.38. The number of nitrogens with zero attached hydrogens (tertiary/aromatic N) is 1. The van der Waals surface area contributed by atoms with Gasteiger partial charge in [-0.05, 0) is 27.7 Å². The molecule has 0 spiro atoms. The van der Waals surface area contributed by atoms with Gasteiger partial charge in [-0.3, -0.25) is 14.3 Å². The van der Waals surface area contributed by atoms with Crippen LogP contribution in [-0.2, 0) is 5.54 Å². The van der Waals surface area contributed by atoms with Gasteiger partial charge in [-0.25, -0.2) is 4.79 Å². The standard InChI is InChI=1S/C11H14N2O2/c1-5-6-8-7-13(11(2,3)4)10(15)12-9(8)14/h7H,1-4H3,(H,12,14,15). The van der Waals surface area contributed by atoms with Crippen molar-refractivity contribution < 1.29 is 0 Å². The molecule has 0 aliphatic rings. The summed E-state index contributed by atoms with van der Waals surface area (Å²) in [6, 6.07) is 0. The quantitative estimate of drug-likeness (QED) is 0.634. The molecule has 0 aliphatic carbocycles. The number of nitrogens with one attached hydrogen (secondary N) is 1. The Balaban J connectivity index is 3.55. The predicted molar refractivity (Wildman–Crippen MR) is 58.9 cm³/mol. The van der Waals surface area contributed by atoms with Gasteiger partial charge in [0.1, 0.15) is 5.56 Å². The Morgan fingerprint density at radius 3 is 2.40 bits per heavy atom. The molecule has 1 N–H and O–H groups in total. The molecular formula is C11H14N2O2. The summed E-state index contributed by atoms with van der Waals surface area (Å²) in [5, 5.41) is 0. The molecule has 0 saturated carbocycles. The van der Waals surface area contributed by atoms with Crippen LogP contribution >= 0.6 is 0 Å². The Kier molecular flexibility index (Phi) is 2.85. The Bertz CT molecular complexity index is 533. The highest BCUT2D eigenvalue weighted by molar-refractivity contribution is 5.29. The summed E-state index contributed by atoms with van der Waals surface area (Å²) in [5.41, 5.74) is -0.901. The Morgan fingerprint density at radius 2 is 1.93 bits per heavy atom. The third-order valence-corrected chi connectivity index (χ3v) is 1.92. The van der Waals surface area contributed by atoms with Crippen LogP contribution in [0.3, 0.4) is 0 Å².